The molecule has 0 bridgehead atoms. The lowest BCUT2D eigenvalue weighted by molar-refractivity contribution is 0.0730. The molecule has 0 amide bonds. The highest BCUT2D eigenvalue weighted by molar-refractivity contribution is 8.14. The summed E-state index contributed by atoms with van der Waals surface area (Å²) < 4.78 is 17.1. The van der Waals surface area contributed by atoms with Crippen molar-refractivity contribution in [3.05, 3.63) is 87.7 Å². The number of ether oxygens (including phenoxy) is 3. The van der Waals surface area contributed by atoms with Gasteiger partial charge in [-0.25, -0.2) is 9.79 Å². The molecule has 2 aromatic rings. The number of aliphatic imine (C=N–C) groups is 1. The van der Waals surface area contributed by atoms with E-state index in [1.807, 2.05) is 39.0 Å². The van der Waals surface area contributed by atoms with Crippen LogP contribution in [0, 0.1) is 6.92 Å². The van der Waals surface area contributed by atoms with E-state index < -0.39 is 5.97 Å². The largest absolute Gasteiger partial charge is 0.496 e. The Labute approximate surface area is 239 Å². The van der Waals surface area contributed by atoms with Crippen LogP contribution in [-0.4, -0.2) is 30.5 Å². The maximum atomic E-state index is 12.9. The third-order valence-corrected chi connectivity index (χ3v) is 7.71. The fourth-order valence-corrected chi connectivity index (χ4v) is 5.14. The number of methoxy groups -OCH3 is 1. The minimum absolute atomic E-state index is 0.396. The van der Waals surface area contributed by atoms with E-state index in [1.54, 1.807) is 43.1 Å². The number of hydrogen-bond donors (Lipinski definition) is 0. The predicted molar refractivity (Wildman–Crippen MR) is 166 cm³/mol. The number of allylic oxidation sites excluding steroid dienone is 4. The van der Waals surface area contributed by atoms with E-state index in [-0.39, 0.29) is 0 Å². The van der Waals surface area contributed by atoms with Crippen LogP contribution in [0.2, 0.25) is 0 Å². The topological polar surface area (TPSA) is 57.1 Å². The Balaban J connectivity index is 2.33. The van der Waals surface area contributed by atoms with Crippen LogP contribution in [0.3, 0.4) is 0 Å². The molecule has 0 spiro atoms. The molecular weight excluding hydrogens is 506 g/mol. The summed E-state index contributed by atoms with van der Waals surface area (Å²) in [5.41, 5.74) is 7.10. The second-order valence-corrected chi connectivity index (χ2v) is 10.2. The summed E-state index contributed by atoms with van der Waals surface area (Å²) in [5.74, 6) is 2.22. The van der Waals surface area contributed by atoms with Crippen molar-refractivity contribution >= 4 is 28.5 Å². The van der Waals surface area contributed by atoms with Crippen LogP contribution in [0.15, 0.2) is 81.6 Å². The molecule has 0 N–H and O–H groups in total. The Kier molecular flexibility index (Phi) is 13.1. The maximum Gasteiger partial charge on any atom is 0.347 e. The molecule has 5 nitrogen and oxygen atoms in total. The second-order valence-electron chi connectivity index (χ2n) is 9.16. The summed E-state index contributed by atoms with van der Waals surface area (Å²) in [6, 6.07) is 12.7. The third-order valence-electron chi connectivity index (χ3n) is 6.56. The standard InChI is InChI=1S/C33H43NO4S/c1-10-22(5)28(25(8)32(36-9)23(6)11-2)21-39-31(12-3)34-29-20-26(19-18-24(29)7)38-33(35)27-16-14-15-17-30(27)37-13-4/h11,14-20H,10,12-13,21H2,1-9H3/b23-11-,28-22-,32-25+,34-31?. The number of esters is 1. The van der Waals surface area contributed by atoms with Gasteiger partial charge in [-0.15, -0.1) is 11.8 Å². The Morgan fingerprint density at radius 2 is 1.74 bits per heavy atom. The fourth-order valence-electron chi connectivity index (χ4n) is 4.00. The maximum absolute atomic E-state index is 12.9. The summed E-state index contributed by atoms with van der Waals surface area (Å²) in [5, 5.41) is 1.01. The molecule has 39 heavy (non-hydrogen) atoms. The van der Waals surface area contributed by atoms with Gasteiger partial charge in [0.05, 0.1) is 24.4 Å². The molecule has 0 saturated carbocycles. The molecule has 6 heteroatoms. The first-order valence-electron chi connectivity index (χ1n) is 13.5. The van der Waals surface area contributed by atoms with E-state index in [0.29, 0.717) is 23.7 Å². The van der Waals surface area contributed by atoms with E-state index in [1.165, 1.54) is 11.1 Å². The van der Waals surface area contributed by atoms with Crippen molar-refractivity contribution in [3.63, 3.8) is 0 Å². The highest BCUT2D eigenvalue weighted by Crippen LogP contribution is 2.31. The van der Waals surface area contributed by atoms with E-state index in [4.69, 9.17) is 19.2 Å². The molecular formula is C33H43NO4S. The molecule has 0 radical (unpaired) electrons. The Morgan fingerprint density at radius 3 is 2.36 bits per heavy atom. The quantitative estimate of drug-likeness (QED) is 0.0659. The minimum Gasteiger partial charge on any atom is -0.496 e. The summed E-state index contributed by atoms with van der Waals surface area (Å²) in [6.45, 7) is 17.1. The summed E-state index contributed by atoms with van der Waals surface area (Å²) in [4.78, 5) is 17.9. The zero-order valence-corrected chi connectivity index (χ0v) is 25.8. The average Bonchev–Trinajstić information content (AvgIpc) is 2.94. The molecule has 0 aliphatic heterocycles. The van der Waals surface area contributed by atoms with Gasteiger partial charge in [0.15, 0.2) is 0 Å². The summed E-state index contributed by atoms with van der Waals surface area (Å²) in [7, 11) is 1.73. The van der Waals surface area contributed by atoms with E-state index in [0.717, 1.165) is 51.8 Å². The van der Waals surface area contributed by atoms with Crippen LogP contribution in [0.25, 0.3) is 0 Å². The average molecular weight is 550 g/mol. The highest BCUT2D eigenvalue weighted by atomic mass is 32.2. The molecule has 2 aromatic carbocycles. The van der Waals surface area contributed by atoms with Gasteiger partial charge in [0.1, 0.15) is 22.8 Å². The third kappa shape index (κ3) is 8.89. The van der Waals surface area contributed by atoms with E-state index in [9.17, 15) is 4.79 Å². The molecule has 2 rings (SSSR count). The van der Waals surface area contributed by atoms with Crippen molar-refractivity contribution < 1.29 is 19.0 Å². The lowest BCUT2D eigenvalue weighted by Crippen LogP contribution is -2.10. The lowest BCUT2D eigenvalue weighted by atomic mass is 9.98. The number of aryl methyl sites for hydroxylation is 1. The van der Waals surface area contributed by atoms with Crippen LogP contribution in [0.4, 0.5) is 5.69 Å². The number of carbonyl (C=O) groups excluding carboxylic acids is 1. The number of para-hydroxylation sites is 1. The molecule has 0 saturated heterocycles. The van der Waals surface area contributed by atoms with Gasteiger partial charge in [0.25, 0.3) is 0 Å². The molecule has 0 aliphatic carbocycles. The molecule has 0 aromatic heterocycles. The Morgan fingerprint density at radius 1 is 1.03 bits per heavy atom. The molecule has 0 heterocycles. The van der Waals surface area contributed by atoms with Crippen molar-refractivity contribution in [2.24, 2.45) is 4.99 Å². The molecule has 0 aliphatic rings. The number of thioether (sulfide) groups is 1. The second kappa shape index (κ2) is 16.0. The van der Waals surface area contributed by atoms with Crippen molar-refractivity contribution in [1.82, 2.24) is 0 Å². The van der Waals surface area contributed by atoms with Crippen LogP contribution < -0.4 is 9.47 Å². The van der Waals surface area contributed by atoms with Crippen LogP contribution >= 0.6 is 11.8 Å². The number of nitrogens with zero attached hydrogens (tertiary/aromatic N) is 1. The van der Waals surface area contributed by atoms with E-state index >= 15 is 0 Å². The first kappa shape index (κ1) is 32.0. The number of hydrogen-bond acceptors (Lipinski definition) is 6. The lowest BCUT2D eigenvalue weighted by Gasteiger charge is -2.17. The molecule has 0 atom stereocenters. The SMILES string of the molecule is C\C=C(C)/C(OC)=C(C)\C(CSC(CC)=Nc1cc(OC(=O)c2ccccc2OCC)ccc1C)=C(\C)CC. The first-order valence-corrected chi connectivity index (χ1v) is 14.5. The monoisotopic (exact) mass is 549 g/mol. The van der Waals surface area contributed by atoms with Gasteiger partial charge in [-0.1, -0.05) is 43.7 Å². The summed E-state index contributed by atoms with van der Waals surface area (Å²) in [6.07, 6.45) is 3.84. The molecule has 0 fully saturated rings. The van der Waals surface area contributed by atoms with Gasteiger partial charge in [0.2, 0.25) is 0 Å². The van der Waals surface area contributed by atoms with Crippen molar-refractivity contribution in [2.45, 2.75) is 68.2 Å². The number of carbonyl (C=O) groups is 1. The van der Waals surface area contributed by atoms with Crippen molar-refractivity contribution in [2.75, 3.05) is 19.5 Å². The predicted octanol–water partition coefficient (Wildman–Crippen LogP) is 9.40. The highest BCUT2D eigenvalue weighted by Gasteiger charge is 2.16. The van der Waals surface area contributed by atoms with Crippen LogP contribution in [-0.2, 0) is 4.74 Å². The minimum atomic E-state index is -0.458. The van der Waals surface area contributed by atoms with Crippen LogP contribution in [0.1, 0.15) is 77.2 Å². The normalized spacial score (nSPS) is 13.5. The smallest absolute Gasteiger partial charge is 0.347 e. The molecule has 0 unspecified atom stereocenters. The first-order chi connectivity index (χ1) is 18.7. The van der Waals surface area contributed by atoms with Gasteiger partial charge in [-0.2, -0.15) is 0 Å². The zero-order chi connectivity index (χ0) is 28.9. The van der Waals surface area contributed by atoms with Gasteiger partial charge in [-0.3, -0.25) is 0 Å². The van der Waals surface area contributed by atoms with Gasteiger partial charge >= 0.3 is 5.97 Å². The fraction of sp³-hybridized carbons (Fsp3) is 0.394. The van der Waals surface area contributed by atoms with Crippen molar-refractivity contribution in [1.29, 1.82) is 0 Å². The number of benzene rings is 2. The van der Waals surface area contributed by atoms with E-state index in [2.05, 4.69) is 40.7 Å². The van der Waals surface area contributed by atoms with Crippen LogP contribution in [0.5, 0.6) is 11.5 Å². The number of rotatable bonds is 12. The zero-order valence-electron chi connectivity index (χ0n) is 24.9. The van der Waals surface area contributed by atoms with Gasteiger partial charge < -0.3 is 14.2 Å². The Hall–Kier alpha value is -3.25. The summed E-state index contributed by atoms with van der Waals surface area (Å²) >= 11 is 1.74. The van der Waals surface area contributed by atoms with Gasteiger partial charge in [-0.05, 0) is 94.9 Å². The Bertz CT molecular complexity index is 1270. The molecule has 210 valence electrons. The van der Waals surface area contributed by atoms with Crippen molar-refractivity contribution in [3.8, 4) is 11.5 Å². The van der Waals surface area contributed by atoms with Gasteiger partial charge in [0, 0.05) is 11.8 Å².